The van der Waals surface area contributed by atoms with E-state index in [0.717, 1.165) is 30.1 Å². The van der Waals surface area contributed by atoms with E-state index in [-0.39, 0.29) is 11.8 Å². The van der Waals surface area contributed by atoms with Crippen molar-refractivity contribution in [1.29, 1.82) is 0 Å². The maximum absolute atomic E-state index is 10.8. The van der Waals surface area contributed by atoms with Gasteiger partial charge in [0.1, 0.15) is 23.9 Å². The quantitative estimate of drug-likeness (QED) is 0.631. The topological polar surface area (TPSA) is 68.5 Å². The Morgan fingerprint density at radius 1 is 1.43 bits per heavy atom. The van der Waals surface area contributed by atoms with Gasteiger partial charge in [0.25, 0.3) is 5.69 Å². The fraction of sp³-hybridized carbons (Fsp3) is 0.312. The van der Waals surface area contributed by atoms with Gasteiger partial charge in [-0.25, -0.2) is 4.98 Å². The van der Waals surface area contributed by atoms with E-state index in [1.54, 1.807) is 18.2 Å². The molecule has 1 aliphatic heterocycles. The second-order valence-corrected chi connectivity index (χ2v) is 5.96. The van der Waals surface area contributed by atoms with Crippen molar-refractivity contribution in [3.63, 3.8) is 0 Å². The van der Waals surface area contributed by atoms with Gasteiger partial charge in [-0.1, -0.05) is 17.7 Å². The molecular weight excluding hydrogens is 318 g/mol. The fourth-order valence-corrected chi connectivity index (χ4v) is 2.91. The number of aromatic nitrogens is 1. The summed E-state index contributed by atoms with van der Waals surface area (Å²) in [4.78, 5) is 16.7. The van der Waals surface area contributed by atoms with Gasteiger partial charge in [0.05, 0.1) is 11.5 Å². The number of rotatable bonds is 4. The summed E-state index contributed by atoms with van der Waals surface area (Å²) < 4.78 is 5.95. The van der Waals surface area contributed by atoms with Crippen LogP contribution in [0, 0.1) is 17.0 Å². The molecule has 0 radical (unpaired) electrons. The first-order valence-corrected chi connectivity index (χ1v) is 7.69. The van der Waals surface area contributed by atoms with Crippen molar-refractivity contribution in [1.82, 2.24) is 4.98 Å². The molecule has 0 saturated carbocycles. The molecule has 3 rings (SSSR count). The number of hydrogen-bond acceptors (Lipinski definition) is 5. The molecule has 2 heterocycles. The molecule has 1 aromatic heterocycles. The predicted octanol–water partition coefficient (Wildman–Crippen LogP) is 3.61. The number of halogens is 1. The predicted molar refractivity (Wildman–Crippen MR) is 88.3 cm³/mol. The molecule has 1 unspecified atom stereocenters. The highest BCUT2D eigenvalue weighted by atomic mass is 35.5. The third-order valence-corrected chi connectivity index (χ3v) is 4.03. The molecule has 1 aromatic carbocycles. The Morgan fingerprint density at radius 3 is 2.96 bits per heavy atom. The molecule has 0 bridgehead atoms. The number of benzene rings is 1. The molecule has 0 spiro atoms. The van der Waals surface area contributed by atoms with Gasteiger partial charge in [-0.05, 0) is 30.7 Å². The van der Waals surface area contributed by atoms with E-state index in [9.17, 15) is 10.1 Å². The van der Waals surface area contributed by atoms with Gasteiger partial charge in [0, 0.05) is 24.1 Å². The van der Waals surface area contributed by atoms with Crippen LogP contribution in [0.2, 0.25) is 5.02 Å². The van der Waals surface area contributed by atoms with E-state index in [1.807, 2.05) is 19.1 Å². The molecule has 1 aliphatic rings. The minimum absolute atomic E-state index is 0.0113. The van der Waals surface area contributed by atoms with Gasteiger partial charge >= 0.3 is 0 Å². The molecule has 1 saturated heterocycles. The second-order valence-electron chi connectivity index (χ2n) is 5.52. The standard InChI is InChI=1S/C16H16ClN3O3/c1-11-7-13(20(21)22)9-18-16(11)19-6-5-15(10-19)23-14-4-2-3-12(17)8-14/h2-4,7-9,15H,5-6,10H2,1H3. The van der Waals surface area contributed by atoms with Crippen molar-refractivity contribution in [3.8, 4) is 5.75 Å². The zero-order valence-electron chi connectivity index (χ0n) is 12.6. The number of aryl methyl sites for hydroxylation is 1. The summed E-state index contributed by atoms with van der Waals surface area (Å²) in [7, 11) is 0. The Bertz CT molecular complexity index is 738. The number of hydrogen-bond donors (Lipinski definition) is 0. The Labute approximate surface area is 138 Å². The van der Waals surface area contributed by atoms with Crippen molar-refractivity contribution in [3.05, 3.63) is 57.2 Å². The minimum Gasteiger partial charge on any atom is -0.488 e. The van der Waals surface area contributed by atoms with Gasteiger partial charge in [0.15, 0.2) is 0 Å². The highest BCUT2D eigenvalue weighted by Crippen LogP contribution is 2.27. The largest absolute Gasteiger partial charge is 0.488 e. The summed E-state index contributed by atoms with van der Waals surface area (Å²) in [5, 5.41) is 11.4. The summed E-state index contributed by atoms with van der Waals surface area (Å²) in [6, 6.07) is 8.88. The summed E-state index contributed by atoms with van der Waals surface area (Å²) in [6.45, 7) is 3.33. The van der Waals surface area contributed by atoms with E-state index >= 15 is 0 Å². The molecule has 6 nitrogen and oxygen atoms in total. The van der Waals surface area contributed by atoms with Crippen LogP contribution in [0.5, 0.6) is 5.75 Å². The number of anilines is 1. The van der Waals surface area contributed by atoms with Gasteiger partial charge < -0.3 is 9.64 Å². The van der Waals surface area contributed by atoms with Crippen LogP contribution >= 0.6 is 11.6 Å². The van der Waals surface area contributed by atoms with Gasteiger partial charge in [0.2, 0.25) is 0 Å². The lowest BCUT2D eigenvalue weighted by atomic mass is 10.2. The van der Waals surface area contributed by atoms with Crippen molar-refractivity contribution >= 4 is 23.1 Å². The molecule has 2 aromatic rings. The van der Waals surface area contributed by atoms with E-state index in [4.69, 9.17) is 16.3 Å². The van der Waals surface area contributed by atoms with Crippen LogP contribution in [0.3, 0.4) is 0 Å². The summed E-state index contributed by atoms with van der Waals surface area (Å²) in [5.74, 6) is 1.52. The zero-order chi connectivity index (χ0) is 16.4. The first-order valence-electron chi connectivity index (χ1n) is 7.31. The van der Waals surface area contributed by atoms with Crippen LogP contribution in [0.4, 0.5) is 11.5 Å². The molecule has 0 amide bonds. The molecule has 1 atom stereocenters. The number of pyridine rings is 1. The van der Waals surface area contributed by atoms with Crippen LogP contribution in [-0.2, 0) is 0 Å². The molecule has 120 valence electrons. The normalized spacial score (nSPS) is 17.3. The van der Waals surface area contributed by atoms with Crippen molar-refractivity contribution < 1.29 is 9.66 Å². The molecule has 23 heavy (non-hydrogen) atoms. The summed E-state index contributed by atoms with van der Waals surface area (Å²) in [5.41, 5.74) is 0.805. The highest BCUT2D eigenvalue weighted by molar-refractivity contribution is 6.30. The SMILES string of the molecule is Cc1cc([N+](=O)[O-])cnc1N1CCC(Oc2cccc(Cl)c2)C1. The average Bonchev–Trinajstić information content (AvgIpc) is 2.95. The monoisotopic (exact) mass is 333 g/mol. The molecule has 7 heteroatoms. The molecular formula is C16H16ClN3O3. The van der Waals surface area contributed by atoms with Gasteiger partial charge in [-0.2, -0.15) is 0 Å². The van der Waals surface area contributed by atoms with E-state index < -0.39 is 4.92 Å². The Hall–Kier alpha value is -2.34. The minimum atomic E-state index is -0.432. The van der Waals surface area contributed by atoms with Crippen LogP contribution in [0.15, 0.2) is 36.5 Å². The van der Waals surface area contributed by atoms with Crippen LogP contribution < -0.4 is 9.64 Å². The summed E-state index contributed by atoms with van der Waals surface area (Å²) >= 11 is 5.96. The first kappa shape index (κ1) is 15.6. The maximum Gasteiger partial charge on any atom is 0.287 e. The van der Waals surface area contributed by atoms with Crippen LogP contribution in [-0.4, -0.2) is 29.1 Å². The van der Waals surface area contributed by atoms with Crippen LogP contribution in [0.25, 0.3) is 0 Å². The fourth-order valence-electron chi connectivity index (χ4n) is 2.73. The van der Waals surface area contributed by atoms with E-state index in [0.29, 0.717) is 11.6 Å². The Kier molecular flexibility index (Phi) is 4.34. The molecule has 0 aliphatic carbocycles. The highest BCUT2D eigenvalue weighted by Gasteiger charge is 2.26. The van der Waals surface area contributed by atoms with Gasteiger partial charge in [-0.15, -0.1) is 0 Å². The first-order chi connectivity index (χ1) is 11.0. The van der Waals surface area contributed by atoms with Crippen LogP contribution in [0.1, 0.15) is 12.0 Å². The lowest BCUT2D eigenvalue weighted by Crippen LogP contribution is -2.25. The van der Waals surface area contributed by atoms with Crippen molar-refractivity contribution in [2.45, 2.75) is 19.4 Å². The Morgan fingerprint density at radius 2 is 2.26 bits per heavy atom. The van der Waals surface area contributed by atoms with Crippen molar-refractivity contribution in [2.24, 2.45) is 0 Å². The third kappa shape index (κ3) is 3.53. The average molecular weight is 334 g/mol. The maximum atomic E-state index is 10.8. The lowest BCUT2D eigenvalue weighted by Gasteiger charge is -2.19. The zero-order valence-corrected chi connectivity index (χ0v) is 13.4. The molecule has 0 N–H and O–H groups in total. The number of nitro groups is 1. The lowest BCUT2D eigenvalue weighted by molar-refractivity contribution is -0.385. The van der Waals surface area contributed by atoms with Gasteiger partial charge in [-0.3, -0.25) is 10.1 Å². The number of nitrogens with zero attached hydrogens (tertiary/aromatic N) is 3. The molecule has 1 fully saturated rings. The number of ether oxygens (including phenoxy) is 1. The summed E-state index contributed by atoms with van der Waals surface area (Å²) in [6.07, 6.45) is 2.21. The second kappa shape index (κ2) is 6.42. The third-order valence-electron chi connectivity index (χ3n) is 3.79. The van der Waals surface area contributed by atoms with Crippen molar-refractivity contribution in [2.75, 3.05) is 18.0 Å². The van der Waals surface area contributed by atoms with E-state index in [2.05, 4.69) is 9.88 Å². The smallest absolute Gasteiger partial charge is 0.287 e. The van der Waals surface area contributed by atoms with E-state index in [1.165, 1.54) is 6.20 Å². The Balaban J connectivity index is 1.69.